The van der Waals surface area contributed by atoms with Crippen molar-refractivity contribution in [3.05, 3.63) is 146 Å². The van der Waals surface area contributed by atoms with Crippen LogP contribution in [0.15, 0.2) is 146 Å². The quantitative estimate of drug-likeness (QED) is 0.253. The highest BCUT2D eigenvalue weighted by Gasteiger charge is 1.96. The molecule has 0 fully saturated rings. The highest BCUT2D eigenvalue weighted by molar-refractivity contribution is 5.65. The normalized spacial score (nSPS) is 9.82. The fourth-order valence-electron chi connectivity index (χ4n) is 3.22. The van der Waals surface area contributed by atoms with E-state index in [2.05, 4.69) is 64.5 Å². The van der Waals surface area contributed by atoms with Crippen LogP contribution in [0.3, 0.4) is 0 Å². The van der Waals surface area contributed by atoms with Crippen LogP contribution in [0.1, 0.15) is 0 Å². The molecule has 0 aliphatic rings. The largest absolute Gasteiger partial charge is 0.356 e. The van der Waals surface area contributed by atoms with E-state index in [0.717, 1.165) is 34.1 Å². The van der Waals surface area contributed by atoms with Gasteiger partial charge in [0.15, 0.2) is 0 Å². The molecule has 3 N–H and O–H groups in total. The molecule has 3 nitrogen and oxygen atoms in total. The number of hydrogen-bond donors (Lipinski definition) is 3. The van der Waals surface area contributed by atoms with Crippen molar-refractivity contribution in [3.8, 4) is 0 Å². The minimum absolute atomic E-state index is 1.08. The van der Waals surface area contributed by atoms with Gasteiger partial charge in [0.2, 0.25) is 0 Å². The van der Waals surface area contributed by atoms with E-state index in [0.29, 0.717) is 0 Å². The molecule has 162 valence electrons. The average molecular weight is 430 g/mol. The zero-order valence-corrected chi connectivity index (χ0v) is 18.4. The Hall–Kier alpha value is -4.50. The summed E-state index contributed by atoms with van der Waals surface area (Å²) in [7, 11) is 0. The third-order valence-corrected chi connectivity index (χ3v) is 4.85. The highest BCUT2D eigenvalue weighted by Crippen LogP contribution is 2.21. The van der Waals surface area contributed by atoms with Crippen LogP contribution in [-0.4, -0.2) is 0 Å². The lowest BCUT2D eigenvalue weighted by atomic mass is 10.2. The van der Waals surface area contributed by atoms with Gasteiger partial charge in [-0.25, -0.2) is 0 Å². The molecule has 5 rings (SSSR count). The molecule has 0 unspecified atom stereocenters. The SMILES string of the molecule is c1ccc(Nc2ccc(Nc3ccccc3)cc2)cc1.c1ccc(Nc2ccccc2)cc1. The van der Waals surface area contributed by atoms with E-state index >= 15 is 0 Å². The zero-order chi connectivity index (χ0) is 22.6. The fraction of sp³-hybridized carbons (Fsp3) is 0. The van der Waals surface area contributed by atoms with Crippen molar-refractivity contribution in [1.29, 1.82) is 0 Å². The van der Waals surface area contributed by atoms with Gasteiger partial charge >= 0.3 is 0 Å². The Morgan fingerprint density at radius 2 is 0.394 bits per heavy atom. The molecule has 0 heterocycles. The third kappa shape index (κ3) is 7.30. The first kappa shape index (κ1) is 21.7. The van der Waals surface area contributed by atoms with Gasteiger partial charge in [0.05, 0.1) is 0 Å². The molecule has 33 heavy (non-hydrogen) atoms. The minimum atomic E-state index is 1.08. The van der Waals surface area contributed by atoms with Crippen molar-refractivity contribution in [2.24, 2.45) is 0 Å². The van der Waals surface area contributed by atoms with Crippen molar-refractivity contribution in [3.63, 3.8) is 0 Å². The second-order valence-electron chi connectivity index (χ2n) is 7.42. The van der Waals surface area contributed by atoms with E-state index in [1.54, 1.807) is 0 Å². The predicted octanol–water partition coefficient (Wildman–Crippen LogP) is 8.60. The van der Waals surface area contributed by atoms with E-state index in [4.69, 9.17) is 0 Å². The number of benzene rings is 5. The average Bonchev–Trinajstić information content (AvgIpc) is 2.88. The number of rotatable bonds is 6. The lowest BCUT2D eigenvalue weighted by molar-refractivity contribution is 1.52. The monoisotopic (exact) mass is 429 g/mol. The summed E-state index contributed by atoms with van der Waals surface area (Å²) in [6, 6.07) is 48.9. The molecule has 0 amide bonds. The first-order valence-electron chi connectivity index (χ1n) is 11.0. The molecule has 3 heteroatoms. The molecule has 0 saturated carbocycles. The topological polar surface area (TPSA) is 36.1 Å². The molecule has 0 spiro atoms. The van der Waals surface area contributed by atoms with E-state index in [-0.39, 0.29) is 0 Å². The first-order chi connectivity index (χ1) is 16.3. The van der Waals surface area contributed by atoms with Gasteiger partial charge in [-0.1, -0.05) is 72.8 Å². The molecule has 0 aromatic heterocycles. The maximum absolute atomic E-state index is 3.37. The molecule has 5 aromatic carbocycles. The van der Waals surface area contributed by atoms with E-state index < -0.39 is 0 Å². The molecule has 0 atom stereocenters. The van der Waals surface area contributed by atoms with Gasteiger partial charge < -0.3 is 16.0 Å². The van der Waals surface area contributed by atoms with Gasteiger partial charge in [-0.15, -0.1) is 0 Å². The van der Waals surface area contributed by atoms with Crippen molar-refractivity contribution >= 4 is 34.1 Å². The summed E-state index contributed by atoms with van der Waals surface area (Å²) in [6.45, 7) is 0. The highest BCUT2D eigenvalue weighted by atomic mass is 14.9. The number of anilines is 6. The van der Waals surface area contributed by atoms with Gasteiger partial charge in [-0.2, -0.15) is 0 Å². The van der Waals surface area contributed by atoms with Crippen molar-refractivity contribution in [1.82, 2.24) is 0 Å². The van der Waals surface area contributed by atoms with E-state index in [1.165, 1.54) is 0 Å². The summed E-state index contributed by atoms with van der Waals surface area (Å²) in [6.07, 6.45) is 0. The second kappa shape index (κ2) is 11.8. The predicted molar refractivity (Wildman–Crippen MR) is 142 cm³/mol. The molecule has 0 radical (unpaired) electrons. The van der Waals surface area contributed by atoms with Gasteiger partial charge in [-0.3, -0.25) is 0 Å². The van der Waals surface area contributed by atoms with Crippen LogP contribution in [-0.2, 0) is 0 Å². The van der Waals surface area contributed by atoms with Crippen LogP contribution >= 0.6 is 0 Å². The Balaban J connectivity index is 0.000000172. The van der Waals surface area contributed by atoms with Gasteiger partial charge in [0.1, 0.15) is 0 Å². The molecule has 0 aliphatic heterocycles. The maximum atomic E-state index is 3.37. The van der Waals surface area contributed by atoms with Gasteiger partial charge in [0, 0.05) is 34.1 Å². The molecule has 0 aliphatic carbocycles. The molecule has 5 aromatic rings. The molecule has 0 saturated heterocycles. The first-order valence-corrected chi connectivity index (χ1v) is 11.0. The fourth-order valence-corrected chi connectivity index (χ4v) is 3.22. The standard InChI is InChI=1S/C18H16N2.C12H11N/c1-3-7-15(8-4-1)19-17-11-13-18(14-12-17)20-16-9-5-2-6-10-16;1-3-7-11(8-4-1)13-12-9-5-2-6-10-12/h1-14,19-20H;1-10,13H. The Kier molecular flexibility index (Phi) is 7.75. The number of nitrogens with one attached hydrogen (secondary N) is 3. The third-order valence-electron chi connectivity index (χ3n) is 4.85. The Morgan fingerprint density at radius 1 is 0.212 bits per heavy atom. The van der Waals surface area contributed by atoms with Gasteiger partial charge in [-0.05, 0) is 72.8 Å². The minimum Gasteiger partial charge on any atom is -0.356 e. The Labute approximate surface area is 195 Å². The smallest absolute Gasteiger partial charge is 0.0385 e. The van der Waals surface area contributed by atoms with Crippen molar-refractivity contribution < 1.29 is 0 Å². The summed E-state index contributed by atoms with van der Waals surface area (Å²) in [5.41, 5.74) is 6.58. The lowest BCUT2D eigenvalue weighted by Crippen LogP contribution is -1.92. The van der Waals surface area contributed by atoms with Crippen LogP contribution in [0.25, 0.3) is 0 Å². The summed E-state index contributed by atoms with van der Waals surface area (Å²) in [5.74, 6) is 0. The van der Waals surface area contributed by atoms with E-state index in [1.807, 2.05) is 97.1 Å². The van der Waals surface area contributed by atoms with E-state index in [9.17, 15) is 0 Å². The van der Waals surface area contributed by atoms with Crippen molar-refractivity contribution in [2.75, 3.05) is 16.0 Å². The van der Waals surface area contributed by atoms with Gasteiger partial charge in [0.25, 0.3) is 0 Å². The van der Waals surface area contributed by atoms with Crippen LogP contribution in [0.5, 0.6) is 0 Å². The lowest BCUT2D eigenvalue weighted by Gasteiger charge is -2.09. The molecular formula is C30H27N3. The van der Waals surface area contributed by atoms with Crippen LogP contribution in [0.2, 0.25) is 0 Å². The summed E-state index contributed by atoms with van der Waals surface area (Å²) in [4.78, 5) is 0. The summed E-state index contributed by atoms with van der Waals surface area (Å²) in [5, 5.41) is 10.0. The van der Waals surface area contributed by atoms with Crippen LogP contribution < -0.4 is 16.0 Å². The molecular weight excluding hydrogens is 402 g/mol. The maximum Gasteiger partial charge on any atom is 0.0385 e. The summed E-state index contributed by atoms with van der Waals surface area (Å²) >= 11 is 0. The number of hydrogen-bond acceptors (Lipinski definition) is 3. The van der Waals surface area contributed by atoms with Crippen LogP contribution in [0, 0.1) is 0 Å². The molecule has 0 bridgehead atoms. The second-order valence-corrected chi connectivity index (χ2v) is 7.42. The Bertz CT molecular complexity index is 1090. The summed E-state index contributed by atoms with van der Waals surface area (Å²) < 4.78 is 0. The Morgan fingerprint density at radius 3 is 0.606 bits per heavy atom. The number of para-hydroxylation sites is 4. The zero-order valence-electron chi connectivity index (χ0n) is 18.4. The van der Waals surface area contributed by atoms with Crippen LogP contribution in [0.4, 0.5) is 34.1 Å². The van der Waals surface area contributed by atoms with Crippen molar-refractivity contribution in [2.45, 2.75) is 0 Å².